The van der Waals surface area contributed by atoms with Crippen LogP contribution in [-0.4, -0.2) is 39.0 Å². The van der Waals surface area contributed by atoms with Crippen LogP contribution in [0, 0.1) is 6.92 Å². The van der Waals surface area contributed by atoms with Gasteiger partial charge < -0.3 is 10.1 Å². The van der Waals surface area contributed by atoms with Crippen molar-refractivity contribution in [1.82, 2.24) is 14.9 Å². The second-order valence-corrected chi connectivity index (χ2v) is 7.11. The van der Waals surface area contributed by atoms with Gasteiger partial charge in [0.1, 0.15) is 0 Å². The number of fused-ring (bicyclic) bond motifs is 1. The largest absolute Gasteiger partial charge is 0.478 e. The highest BCUT2D eigenvalue weighted by atomic mass is 16.4. The number of hydrogen-bond donors (Lipinski definition) is 2. The van der Waals surface area contributed by atoms with Gasteiger partial charge in [0, 0.05) is 35.5 Å². The van der Waals surface area contributed by atoms with Crippen LogP contribution < -0.4 is 0 Å². The minimum absolute atomic E-state index is 0.350. The van der Waals surface area contributed by atoms with Gasteiger partial charge in [-0.25, -0.2) is 4.79 Å². The molecule has 0 amide bonds. The van der Waals surface area contributed by atoms with Crippen LogP contribution in [0.15, 0.2) is 42.7 Å². The minimum atomic E-state index is -0.874. The number of aryl methyl sites for hydroxylation is 1. The number of H-pyrrole nitrogens is 1. The van der Waals surface area contributed by atoms with Gasteiger partial charge in [-0.1, -0.05) is 6.07 Å². The van der Waals surface area contributed by atoms with Crippen molar-refractivity contribution < 1.29 is 9.90 Å². The van der Waals surface area contributed by atoms with Crippen molar-refractivity contribution in [3.05, 3.63) is 65.1 Å². The van der Waals surface area contributed by atoms with Gasteiger partial charge in [0.05, 0.1) is 5.56 Å². The van der Waals surface area contributed by atoms with Gasteiger partial charge in [-0.3, -0.25) is 9.88 Å². The third kappa shape index (κ3) is 3.22. The summed E-state index contributed by atoms with van der Waals surface area (Å²) < 4.78 is 0. The van der Waals surface area contributed by atoms with Crippen LogP contribution >= 0.6 is 0 Å². The maximum Gasteiger partial charge on any atom is 0.335 e. The Kier molecular flexibility index (Phi) is 4.47. The second-order valence-electron chi connectivity index (χ2n) is 7.11. The first-order chi connectivity index (χ1) is 12.6. The zero-order chi connectivity index (χ0) is 18.1. The summed E-state index contributed by atoms with van der Waals surface area (Å²) in [4.78, 5) is 21.4. The molecule has 0 bridgehead atoms. The predicted molar refractivity (Wildman–Crippen MR) is 101 cm³/mol. The molecule has 0 aliphatic carbocycles. The number of piperidine rings is 1. The molecule has 0 radical (unpaired) electrons. The molecular weight excluding hydrogens is 326 g/mol. The first-order valence-electron chi connectivity index (χ1n) is 9.09. The Morgan fingerprint density at radius 3 is 2.85 bits per heavy atom. The number of benzene rings is 1. The number of nitrogens with one attached hydrogen (secondary N) is 1. The predicted octanol–water partition coefficient (Wildman–Crippen LogP) is 3.95. The molecule has 5 nitrogen and oxygen atoms in total. The third-order valence-electron chi connectivity index (χ3n) is 5.50. The monoisotopic (exact) mass is 349 g/mol. The molecule has 0 atom stereocenters. The van der Waals surface area contributed by atoms with Gasteiger partial charge in [0.25, 0.3) is 0 Å². The Morgan fingerprint density at radius 2 is 2.12 bits per heavy atom. The topological polar surface area (TPSA) is 69.2 Å². The zero-order valence-corrected chi connectivity index (χ0v) is 14.9. The number of pyridine rings is 1. The van der Waals surface area contributed by atoms with Gasteiger partial charge in [-0.15, -0.1) is 0 Å². The van der Waals surface area contributed by atoms with Crippen molar-refractivity contribution in [2.24, 2.45) is 0 Å². The van der Waals surface area contributed by atoms with Crippen molar-refractivity contribution in [2.45, 2.75) is 32.2 Å². The third-order valence-corrected chi connectivity index (χ3v) is 5.50. The zero-order valence-electron chi connectivity index (χ0n) is 14.9. The quantitative estimate of drug-likeness (QED) is 0.748. The molecule has 1 aromatic carbocycles. The molecular formula is C21H23N3O2. The van der Waals surface area contributed by atoms with Crippen LogP contribution in [0.2, 0.25) is 0 Å². The highest BCUT2D eigenvalue weighted by molar-refractivity contribution is 5.94. The van der Waals surface area contributed by atoms with Crippen molar-refractivity contribution >= 4 is 16.9 Å². The molecule has 1 aliphatic heterocycles. The Bertz CT molecular complexity index is 939. The molecule has 0 saturated carbocycles. The van der Waals surface area contributed by atoms with Crippen LogP contribution in [0.1, 0.15) is 45.9 Å². The molecule has 0 unspecified atom stereocenters. The highest BCUT2D eigenvalue weighted by Crippen LogP contribution is 2.34. The number of aromatic amines is 1. The molecule has 2 N–H and O–H groups in total. The molecule has 1 aliphatic rings. The van der Waals surface area contributed by atoms with Gasteiger partial charge in [0.15, 0.2) is 0 Å². The Balaban J connectivity index is 1.48. The number of carboxylic acids is 1. The second kappa shape index (κ2) is 6.92. The maximum atomic E-state index is 11.3. The molecule has 5 heteroatoms. The van der Waals surface area contributed by atoms with Crippen LogP contribution in [0.5, 0.6) is 0 Å². The number of likely N-dealkylation sites (tertiary alicyclic amines) is 1. The summed E-state index contributed by atoms with van der Waals surface area (Å²) >= 11 is 0. The standard InChI is InChI=1S/C21H23N3O2/c1-14-17(3-2-8-22-14)13-24-9-6-15(7-10-24)19-12-23-20-5-4-16(21(25)26)11-18(19)20/h2-5,8,11-12,15,23H,6-7,9-10,13H2,1H3,(H,25,26). The van der Waals surface area contributed by atoms with Crippen LogP contribution in [-0.2, 0) is 6.54 Å². The fraction of sp³-hybridized carbons (Fsp3) is 0.333. The summed E-state index contributed by atoms with van der Waals surface area (Å²) in [5.41, 5.74) is 5.01. The number of nitrogens with zero attached hydrogens (tertiary/aromatic N) is 2. The Morgan fingerprint density at radius 1 is 1.31 bits per heavy atom. The van der Waals surface area contributed by atoms with E-state index in [1.54, 1.807) is 12.1 Å². The van der Waals surface area contributed by atoms with Gasteiger partial charge in [-0.2, -0.15) is 0 Å². The molecule has 0 spiro atoms. The van der Waals surface area contributed by atoms with Crippen molar-refractivity contribution in [1.29, 1.82) is 0 Å². The molecule has 26 heavy (non-hydrogen) atoms. The average molecular weight is 349 g/mol. The maximum absolute atomic E-state index is 11.3. The number of carboxylic acid groups (broad SMARTS) is 1. The number of hydrogen-bond acceptors (Lipinski definition) is 3. The van der Waals surface area contributed by atoms with E-state index in [-0.39, 0.29) is 0 Å². The lowest BCUT2D eigenvalue weighted by Crippen LogP contribution is -2.32. The van der Waals surface area contributed by atoms with Gasteiger partial charge >= 0.3 is 5.97 Å². The molecule has 2 aromatic heterocycles. The van der Waals surface area contributed by atoms with E-state index < -0.39 is 5.97 Å². The molecule has 1 fully saturated rings. The van der Waals surface area contributed by atoms with E-state index in [0.717, 1.165) is 49.1 Å². The Labute approximate surface area is 152 Å². The van der Waals surface area contributed by atoms with Gasteiger partial charge in [0.2, 0.25) is 0 Å². The highest BCUT2D eigenvalue weighted by Gasteiger charge is 2.23. The minimum Gasteiger partial charge on any atom is -0.478 e. The van der Waals surface area contributed by atoms with Crippen LogP contribution in [0.25, 0.3) is 10.9 Å². The summed E-state index contributed by atoms with van der Waals surface area (Å²) in [5, 5.41) is 10.3. The van der Waals surface area contributed by atoms with E-state index in [1.807, 2.05) is 18.3 Å². The van der Waals surface area contributed by atoms with E-state index in [9.17, 15) is 9.90 Å². The van der Waals surface area contributed by atoms with E-state index in [2.05, 4.69) is 34.1 Å². The number of aromatic nitrogens is 2. The normalized spacial score (nSPS) is 16.2. The van der Waals surface area contributed by atoms with Crippen molar-refractivity contribution in [3.8, 4) is 0 Å². The summed E-state index contributed by atoms with van der Waals surface area (Å²) in [5.74, 6) is -0.403. The first kappa shape index (κ1) is 16.8. The van der Waals surface area contributed by atoms with Crippen LogP contribution in [0.4, 0.5) is 0 Å². The van der Waals surface area contributed by atoms with E-state index in [1.165, 1.54) is 11.1 Å². The van der Waals surface area contributed by atoms with Crippen molar-refractivity contribution in [2.75, 3.05) is 13.1 Å². The summed E-state index contributed by atoms with van der Waals surface area (Å²) in [7, 11) is 0. The first-order valence-corrected chi connectivity index (χ1v) is 9.09. The van der Waals surface area contributed by atoms with E-state index >= 15 is 0 Å². The lowest BCUT2D eigenvalue weighted by Gasteiger charge is -2.32. The molecule has 1 saturated heterocycles. The number of rotatable bonds is 4. The van der Waals surface area contributed by atoms with Crippen LogP contribution in [0.3, 0.4) is 0 Å². The Hall–Kier alpha value is -2.66. The van der Waals surface area contributed by atoms with E-state index in [0.29, 0.717) is 11.5 Å². The van der Waals surface area contributed by atoms with Crippen molar-refractivity contribution in [3.63, 3.8) is 0 Å². The summed E-state index contributed by atoms with van der Waals surface area (Å²) in [6.07, 6.45) is 6.07. The number of carbonyl (C=O) groups is 1. The van der Waals surface area contributed by atoms with E-state index in [4.69, 9.17) is 0 Å². The summed E-state index contributed by atoms with van der Waals surface area (Å²) in [6.45, 7) is 5.10. The molecule has 134 valence electrons. The molecule has 3 aromatic rings. The molecule has 4 rings (SSSR count). The molecule has 3 heterocycles. The smallest absolute Gasteiger partial charge is 0.335 e. The fourth-order valence-electron chi connectivity index (χ4n) is 3.94. The lowest BCUT2D eigenvalue weighted by molar-refractivity contribution is 0.0697. The number of aromatic carboxylic acids is 1. The SMILES string of the molecule is Cc1ncccc1CN1CCC(c2c[nH]c3ccc(C(=O)O)cc23)CC1. The fourth-order valence-corrected chi connectivity index (χ4v) is 3.94. The van der Waals surface area contributed by atoms with Gasteiger partial charge in [-0.05, 0) is 74.2 Å². The average Bonchev–Trinajstić information content (AvgIpc) is 3.07. The summed E-state index contributed by atoms with van der Waals surface area (Å²) in [6, 6.07) is 9.48. The lowest BCUT2D eigenvalue weighted by atomic mass is 9.88.